The number of anilines is 1. The molecule has 2 fully saturated rings. The smallest absolute Gasteiger partial charge is 0.475 e. The van der Waals surface area contributed by atoms with Gasteiger partial charge >= 0.3 is 12.1 Å². The van der Waals surface area contributed by atoms with Crippen molar-refractivity contribution in [1.82, 2.24) is 19.9 Å². The molecule has 2 aromatic heterocycles. The van der Waals surface area contributed by atoms with Crippen LogP contribution in [0.5, 0.6) is 0 Å². The summed E-state index contributed by atoms with van der Waals surface area (Å²) >= 11 is 0. The number of halogens is 3. The number of carbonyl (C=O) groups is 3. The molecule has 2 aromatic rings. The van der Waals surface area contributed by atoms with E-state index in [0.717, 1.165) is 17.8 Å². The third kappa shape index (κ3) is 4.94. The SMILES string of the molecule is Cc1cnc(C(=O)N2C[C@@H](C)[C@@]3(CCN(c4cccnc4)C3=O)C2)cn1.O=C(O)C(F)(F)F. The van der Waals surface area contributed by atoms with Gasteiger partial charge in [-0.25, -0.2) is 9.78 Å². The maximum atomic E-state index is 13.2. The Balaban J connectivity index is 0.000000383. The highest BCUT2D eigenvalue weighted by Gasteiger charge is 2.56. The van der Waals surface area contributed by atoms with E-state index >= 15 is 0 Å². The fourth-order valence-corrected chi connectivity index (χ4v) is 4.04. The quantitative estimate of drug-likeness (QED) is 0.724. The average Bonchev–Trinajstić information content (AvgIpc) is 3.29. The zero-order chi connectivity index (χ0) is 24.4. The highest BCUT2D eigenvalue weighted by Crippen LogP contribution is 2.46. The fraction of sp³-hybridized carbons (Fsp3) is 0.429. The van der Waals surface area contributed by atoms with Gasteiger partial charge in [-0.05, 0) is 31.4 Å². The molecule has 176 valence electrons. The van der Waals surface area contributed by atoms with Gasteiger partial charge in [-0.1, -0.05) is 6.92 Å². The average molecular weight is 465 g/mol. The first-order valence-corrected chi connectivity index (χ1v) is 10.1. The lowest BCUT2D eigenvalue weighted by Gasteiger charge is -2.26. The van der Waals surface area contributed by atoms with Gasteiger partial charge in [0.1, 0.15) is 5.69 Å². The Morgan fingerprint density at radius 3 is 2.45 bits per heavy atom. The first-order chi connectivity index (χ1) is 15.5. The largest absolute Gasteiger partial charge is 0.490 e. The highest BCUT2D eigenvalue weighted by atomic mass is 19.4. The second kappa shape index (κ2) is 9.12. The van der Waals surface area contributed by atoms with Crippen molar-refractivity contribution in [2.24, 2.45) is 11.3 Å². The molecule has 2 aliphatic heterocycles. The molecule has 1 N–H and O–H groups in total. The standard InChI is InChI=1S/C19H21N5O2.C2HF3O2/c1-13-11-23(17(25)16-10-21-14(2)8-22-16)12-19(13)5-7-24(18(19)26)15-4-3-6-20-9-15;3-2(4,5)1(6)7/h3-4,6,8-10,13H,5,7,11-12H2,1-2H3;(H,6,7)/t13-,19-;/m1./s1. The van der Waals surface area contributed by atoms with Crippen LogP contribution in [0.1, 0.15) is 29.5 Å². The molecule has 4 heterocycles. The van der Waals surface area contributed by atoms with Crippen molar-refractivity contribution in [3.63, 3.8) is 0 Å². The van der Waals surface area contributed by atoms with Gasteiger partial charge in [0, 0.05) is 32.0 Å². The van der Waals surface area contributed by atoms with Crippen LogP contribution in [0.2, 0.25) is 0 Å². The molecule has 1 spiro atoms. The predicted molar refractivity (Wildman–Crippen MR) is 109 cm³/mol. The number of pyridine rings is 1. The van der Waals surface area contributed by atoms with Crippen LogP contribution in [-0.2, 0) is 9.59 Å². The van der Waals surface area contributed by atoms with Crippen LogP contribution in [0.4, 0.5) is 18.9 Å². The molecule has 2 atom stereocenters. The van der Waals surface area contributed by atoms with E-state index in [9.17, 15) is 22.8 Å². The minimum Gasteiger partial charge on any atom is -0.475 e. The summed E-state index contributed by atoms with van der Waals surface area (Å²) in [5.74, 6) is -2.73. The van der Waals surface area contributed by atoms with Crippen molar-refractivity contribution in [2.45, 2.75) is 26.4 Å². The number of carboxylic acids is 1. The Morgan fingerprint density at radius 2 is 1.91 bits per heavy atom. The lowest BCUT2D eigenvalue weighted by Crippen LogP contribution is -2.40. The summed E-state index contributed by atoms with van der Waals surface area (Å²) in [6.07, 6.45) is 2.16. The number of aliphatic carboxylic acids is 1. The summed E-state index contributed by atoms with van der Waals surface area (Å²) in [4.78, 5) is 50.9. The minimum absolute atomic E-state index is 0.0864. The Morgan fingerprint density at radius 1 is 1.21 bits per heavy atom. The molecule has 12 heteroatoms. The van der Waals surface area contributed by atoms with Crippen molar-refractivity contribution in [2.75, 3.05) is 24.5 Å². The summed E-state index contributed by atoms with van der Waals surface area (Å²) < 4.78 is 31.7. The van der Waals surface area contributed by atoms with Crippen LogP contribution in [0.15, 0.2) is 36.9 Å². The van der Waals surface area contributed by atoms with E-state index < -0.39 is 17.6 Å². The number of aromatic nitrogens is 3. The fourth-order valence-electron chi connectivity index (χ4n) is 4.04. The van der Waals surface area contributed by atoms with Gasteiger partial charge in [0.25, 0.3) is 5.91 Å². The molecule has 2 aliphatic rings. The number of alkyl halides is 3. The second-order valence-electron chi connectivity index (χ2n) is 8.01. The number of carboxylic acid groups (broad SMARTS) is 1. The van der Waals surface area contributed by atoms with E-state index in [-0.39, 0.29) is 17.7 Å². The summed E-state index contributed by atoms with van der Waals surface area (Å²) in [5.41, 5.74) is 1.39. The van der Waals surface area contributed by atoms with E-state index in [1.165, 1.54) is 6.20 Å². The Labute approximate surface area is 187 Å². The topological polar surface area (TPSA) is 117 Å². The Hall–Kier alpha value is -3.57. The minimum atomic E-state index is -5.08. The van der Waals surface area contributed by atoms with Crippen LogP contribution in [-0.4, -0.2) is 68.6 Å². The highest BCUT2D eigenvalue weighted by molar-refractivity contribution is 6.01. The van der Waals surface area contributed by atoms with Gasteiger partial charge in [0.05, 0.1) is 29.2 Å². The molecule has 4 rings (SSSR count). The van der Waals surface area contributed by atoms with E-state index in [4.69, 9.17) is 9.90 Å². The molecular weight excluding hydrogens is 443 g/mol. The molecule has 0 aromatic carbocycles. The predicted octanol–water partition coefficient (Wildman–Crippen LogP) is 2.33. The van der Waals surface area contributed by atoms with Crippen LogP contribution < -0.4 is 4.90 Å². The lowest BCUT2D eigenvalue weighted by molar-refractivity contribution is -0.192. The molecule has 33 heavy (non-hydrogen) atoms. The van der Waals surface area contributed by atoms with Crippen molar-refractivity contribution in [3.05, 3.63) is 48.3 Å². The number of aryl methyl sites for hydroxylation is 1. The van der Waals surface area contributed by atoms with Gasteiger partial charge in [-0.2, -0.15) is 13.2 Å². The number of carbonyl (C=O) groups excluding carboxylic acids is 2. The summed E-state index contributed by atoms with van der Waals surface area (Å²) in [7, 11) is 0. The molecule has 9 nitrogen and oxygen atoms in total. The molecular formula is C21H22F3N5O4. The van der Waals surface area contributed by atoms with Crippen molar-refractivity contribution in [3.8, 4) is 0 Å². The van der Waals surface area contributed by atoms with Gasteiger partial charge in [0.2, 0.25) is 5.91 Å². The summed E-state index contributed by atoms with van der Waals surface area (Å²) in [6.45, 7) is 5.53. The zero-order valence-electron chi connectivity index (χ0n) is 17.9. The van der Waals surface area contributed by atoms with Gasteiger partial charge in [0.15, 0.2) is 0 Å². The lowest BCUT2D eigenvalue weighted by atomic mass is 9.78. The van der Waals surface area contributed by atoms with Crippen LogP contribution >= 0.6 is 0 Å². The zero-order valence-corrected chi connectivity index (χ0v) is 17.9. The van der Waals surface area contributed by atoms with Crippen molar-refractivity contribution in [1.29, 1.82) is 0 Å². The summed E-state index contributed by atoms with van der Waals surface area (Å²) in [6, 6.07) is 3.73. The second-order valence-corrected chi connectivity index (χ2v) is 8.01. The molecule has 0 radical (unpaired) electrons. The van der Waals surface area contributed by atoms with E-state index in [1.807, 2.05) is 19.1 Å². The van der Waals surface area contributed by atoms with Crippen LogP contribution in [0, 0.1) is 18.3 Å². The molecule has 0 saturated carbocycles. The number of likely N-dealkylation sites (tertiary alicyclic amines) is 1. The maximum Gasteiger partial charge on any atom is 0.490 e. The summed E-state index contributed by atoms with van der Waals surface area (Å²) in [5, 5.41) is 7.12. The Bertz CT molecular complexity index is 1030. The normalized spacial score (nSPS) is 22.3. The Kier molecular flexibility index (Phi) is 6.65. The van der Waals surface area contributed by atoms with Crippen LogP contribution in [0.3, 0.4) is 0 Å². The van der Waals surface area contributed by atoms with Gasteiger partial charge < -0.3 is 14.9 Å². The first kappa shape index (κ1) is 24.1. The maximum absolute atomic E-state index is 13.2. The molecule has 2 saturated heterocycles. The third-order valence-electron chi connectivity index (χ3n) is 5.85. The third-order valence-corrected chi connectivity index (χ3v) is 5.85. The number of hydrogen-bond acceptors (Lipinski definition) is 6. The van der Waals surface area contributed by atoms with Crippen molar-refractivity contribution >= 4 is 23.5 Å². The van der Waals surface area contributed by atoms with E-state index in [0.29, 0.717) is 25.3 Å². The number of nitrogens with zero attached hydrogens (tertiary/aromatic N) is 5. The van der Waals surface area contributed by atoms with Crippen LogP contribution in [0.25, 0.3) is 0 Å². The monoisotopic (exact) mass is 465 g/mol. The first-order valence-electron chi connectivity index (χ1n) is 10.1. The van der Waals surface area contributed by atoms with E-state index in [1.54, 1.807) is 28.4 Å². The number of hydrogen-bond donors (Lipinski definition) is 1. The number of amides is 2. The molecule has 0 unspecified atom stereocenters. The van der Waals surface area contributed by atoms with E-state index in [2.05, 4.69) is 21.9 Å². The van der Waals surface area contributed by atoms with Gasteiger partial charge in [-0.15, -0.1) is 0 Å². The van der Waals surface area contributed by atoms with Crippen molar-refractivity contribution < 1.29 is 32.7 Å². The molecule has 2 amide bonds. The van der Waals surface area contributed by atoms with Gasteiger partial charge in [-0.3, -0.25) is 19.6 Å². The molecule has 0 aliphatic carbocycles. The number of rotatable bonds is 2. The molecule has 0 bridgehead atoms.